The summed E-state index contributed by atoms with van der Waals surface area (Å²) >= 11 is 0. The van der Waals surface area contributed by atoms with E-state index in [1.54, 1.807) is 19.2 Å². The second-order valence-electron chi connectivity index (χ2n) is 9.77. The van der Waals surface area contributed by atoms with Crippen LogP contribution in [-0.4, -0.2) is 37.0 Å². The molecule has 3 aliphatic rings. The number of hydrogen-bond donors (Lipinski definition) is 1. The minimum absolute atomic E-state index is 0.0802. The molecule has 2 aliphatic carbocycles. The van der Waals surface area contributed by atoms with Gasteiger partial charge in [0.2, 0.25) is 0 Å². The van der Waals surface area contributed by atoms with Gasteiger partial charge in [-0.05, 0) is 79.1 Å². The molecule has 2 aromatic rings. The zero-order valence-electron chi connectivity index (χ0n) is 20.7. The summed E-state index contributed by atoms with van der Waals surface area (Å²) < 4.78 is 10.7. The fourth-order valence-electron chi connectivity index (χ4n) is 5.69. The van der Waals surface area contributed by atoms with Crippen LogP contribution in [0.2, 0.25) is 0 Å². The molecule has 1 aliphatic heterocycles. The lowest BCUT2D eigenvalue weighted by Gasteiger charge is -2.31. The summed E-state index contributed by atoms with van der Waals surface area (Å²) in [6, 6.07) is 16.2. The number of fused-ring (bicyclic) bond motifs is 1. The van der Waals surface area contributed by atoms with Crippen molar-refractivity contribution < 1.29 is 14.3 Å². The average molecular weight is 474 g/mol. The summed E-state index contributed by atoms with van der Waals surface area (Å²) in [5, 5.41) is 10.0. The van der Waals surface area contributed by atoms with Crippen LogP contribution in [0.4, 0.5) is 4.79 Å². The van der Waals surface area contributed by atoms with Crippen molar-refractivity contribution in [1.29, 1.82) is 0 Å². The van der Waals surface area contributed by atoms with Crippen LogP contribution in [0.25, 0.3) is 6.08 Å². The van der Waals surface area contributed by atoms with E-state index >= 15 is 0 Å². The van der Waals surface area contributed by atoms with Gasteiger partial charge in [-0.15, -0.1) is 0 Å². The number of ether oxygens (including phenoxy) is 2. The molecule has 6 nitrogen and oxygen atoms in total. The number of benzene rings is 2. The van der Waals surface area contributed by atoms with Crippen molar-refractivity contribution >= 4 is 17.8 Å². The van der Waals surface area contributed by atoms with Gasteiger partial charge in [0.1, 0.15) is 11.5 Å². The number of nitrogens with zero attached hydrogens (tertiary/aromatic N) is 2. The van der Waals surface area contributed by atoms with E-state index in [9.17, 15) is 4.79 Å². The molecule has 35 heavy (non-hydrogen) atoms. The molecule has 0 saturated heterocycles. The van der Waals surface area contributed by atoms with Gasteiger partial charge in [0, 0.05) is 12.0 Å². The molecule has 184 valence electrons. The van der Waals surface area contributed by atoms with Crippen molar-refractivity contribution in [1.82, 2.24) is 10.3 Å². The van der Waals surface area contributed by atoms with Gasteiger partial charge in [-0.25, -0.2) is 9.80 Å². The van der Waals surface area contributed by atoms with Gasteiger partial charge in [0.25, 0.3) is 0 Å². The van der Waals surface area contributed by atoms with E-state index in [-0.39, 0.29) is 24.0 Å². The van der Waals surface area contributed by atoms with E-state index in [1.165, 1.54) is 24.8 Å². The predicted molar refractivity (Wildman–Crippen MR) is 139 cm³/mol. The molecule has 6 heteroatoms. The maximum Gasteiger partial charge on any atom is 0.338 e. The highest BCUT2D eigenvalue weighted by Crippen LogP contribution is 2.44. The Balaban J connectivity index is 1.47. The van der Waals surface area contributed by atoms with Crippen LogP contribution in [0, 0.1) is 5.92 Å². The summed E-state index contributed by atoms with van der Waals surface area (Å²) in [6.45, 7) is 0. The first-order valence-corrected chi connectivity index (χ1v) is 12.8. The van der Waals surface area contributed by atoms with E-state index in [2.05, 4.69) is 35.7 Å². The molecule has 2 atom stereocenters. The Bertz CT molecular complexity index is 1090. The van der Waals surface area contributed by atoms with Crippen molar-refractivity contribution in [2.75, 3.05) is 14.2 Å². The number of methoxy groups -OCH3 is 2. The molecule has 2 saturated carbocycles. The third kappa shape index (κ3) is 5.07. The quantitative estimate of drug-likeness (QED) is 0.551. The number of amides is 2. The monoisotopic (exact) mass is 473 g/mol. The largest absolute Gasteiger partial charge is 0.497 e. The van der Waals surface area contributed by atoms with Gasteiger partial charge >= 0.3 is 6.03 Å². The molecule has 0 bridgehead atoms. The molecule has 2 aromatic carbocycles. The van der Waals surface area contributed by atoms with Crippen LogP contribution in [0.1, 0.15) is 68.5 Å². The first-order valence-electron chi connectivity index (χ1n) is 12.8. The number of hydrogen-bond acceptors (Lipinski definition) is 4. The normalized spacial score (nSPS) is 23.5. The van der Waals surface area contributed by atoms with Gasteiger partial charge in [0.05, 0.1) is 26.0 Å². The third-order valence-corrected chi connectivity index (χ3v) is 7.56. The molecule has 2 fully saturated rings. The molecule has 1 heterocycles. The van der Waals surface area contributed by atoms with Crippen LogP contribution in [0.5, 0.6) is 11.5 Å². The van der Waals surface area contributed by atoms with E-state index in [0.717, 1.165) is 60.4 Å². The minimum atomic E-state index is -0.112. The lowest BCUT2D eigenvalue weighted by molar-refractivity contribution is 0.167. The van der Waals surface area contributed by atoms with E-state index in [1.807, 2.05) is 24.3 Å². The minimum Gasteiger partial charge on any atom is -0.497 e. The highest BCUT2D eigenvalue weighted by molar-refractivity contribution is 6.08. The van der Waals surface area contributed by atoms with Gasteiger partial charge < -0.3 is 14.8 Å². The fraction of sp³-hybridized carbons (Fsp3) is 0.448. The maximum absolute atomic E-state index is 13.5. The second kappa shape index (κ2) is 10.5. The van der Waals surface area contributed by atoms with Crippen LogP contribution in [0.3, 0.4) is 0 Å². The fourth-order valence-corrected chi connectivity index (χ4v) is 5.69. The van der Waals surface area contributed by atoms with Crippen LogP contribution in [-0.2, 0) is 0 Å². The standard InChI is InChI=1S/C29H35N3O3/c1-34-24-15-11-20(12-16-24)19-22-7-6-10-26-27(22)31-32(29(33)30-23-8-4-3-5-9-23)28(26)21-13-17-25(35-2)18-14-21/h11-19,23,26,28H,3-10H2,1-2H3,(H,30,33)/b22-19+/t26-,28+/m1/s1. The maximum atomic E-state index is 13.5. The molecular weight excluding hydrogens is 438 g/mol. The average Bonchev–Trinajstić information content (AvgIpc) is 3.31. The zero-order valence-corrected chi connectivity index (χ0v) is 20.7. The van der Waals surface area contributed by atoms with E-state index < -0.39 is 0 Å². The Hall–Kier alpha value is -3.28. The number of urea groups is 1. The molecule has 0 spiro atoms. The molecule has 0 unspecified atom stereocenters. The highest BCUT2D eigenvalue weighted by atomic mass is 16.5. The van der Waals surface area contributed by atoms with Gasteiger partial charge in [-0.2, -0.15) is 5.10 Å². The first kappa shape index (κ1) is 23.5. The van der Waals surface area contributed by atoms with Crippen molar-refractivity contribution in [3.05, 3.63) is 65.2 Å². The summed E-state index contributed by atoms with van der Waals surface area (Å²) in [5.74, 6) is 1.84. The number of allylic oxidation sites excluding steroid dienone is 1. The van der Waals surface area contributed by atoms with Gasteiger partial charge in [-0.3, -0.25) is 0 Å². The van der Waals surface area contributed by atoms with Crippen molar-refractivity contribution in [3.63, 3.8) is 0 Å². The number of rotatable bonds is 5. The highest BCUT2D eigenvalue weighted by Gasteiger charge is 2.44. The smallest absolute Gasteiger partial charge is 0.338 e. The van der Waals surface area contributed by atoms with Crippen LogP contribution in [0.15, 0.2) is 59.2 Å². The van der Waals surface area contributed by atoms with Crippen molar-refractivity contribution in [3.8, 4) is 11.5 Å². The van der Waals surface area contributed by atoms with E-state index in [4.69, 9.17) is 14.6 Å². The molecule has 2 amide bonds. The molecule has 1 N–H and O–H groups in total. The SMILES string of the molecule is COc1ccc(/C=C2\CCC[C@@H]3C2=NN(C(=O)NC2CCCCC2)[C@H]3c2ccc(OC)cc2)cc1. The summed E-state index contributed by atoms with van der Waals surface area (Å²) in [5.41, 5.74) is 4.49. The van der Waals surface area contributed by atoms with Crippen LogP contribution < -0.4 is 14.8 Å². The number of hydrazone groups is 1. The summed E-state index contributed by atoms with van der Waals surface area (Å²) in [7, 11) is 3.35. The Morgan fingerprint density at radius 3 is 2.23 bits per heavy atom. The predicted octanol–water partition coefficient (Wildman–Crippen LogP) is 6.34. The van der Waals surface area contributed by atoms with Gasteiger partial charge in [-0.1, -0.05) is 43.5 Å². The van der Waals surface area contributed by atoms with E-state index in [0.29, 0.717) is 0 Å². The van der Waals surface area contributed by atoms with Crippen LogP contribution >= 0.6 is 0 Å². The molecule has 0 aromatic heterocycles. The lowest BCUT2D eigenvalue weighted by Crippen LogP contribution is -2.44. The number of carbonyl (C=O) groups is 1. The third-order valence-electron chi connectivity index (χ3n) is 7.56. The molecule has 5 rings (SSSR count). The Kier molecular flexibility index (Phi) is 7.07. The summed E-state index contributed by atoms with van der Waals surface area (Å²) in [4.78, 5) is 13.5. The molecule has 0 radical (unpaired) electrons. The number of nitrogens with one attached hydrogen (secondary N) is 1. The molecular formula is C29H35N3O3. The summed E-state index contributed by atoms with van der Waals surface area (Å²) in [6.07, 6.45) is 11.0. The second-order valence-corrected chi connectivity index (χ2v) is 9.77. The lowest BCUT2D eigenvalue weighted by atomic mass is 9.77. The number of carbonyl (C=O) groups excluding carboxylic acids is 1. The van der Waals surface area contributed by atoms with Crippen molar-refractivity contribution in [2.45, 2.75) is 63.5 Å². The van der Waals surface area contributed by atoms with Crippen molar-refractivity contribution in [2.24, 2.45) is 11.0 Å². The first-order chi connectivity index (χ1) is 17.2. The zero-order chi connectivity index (χ0) is 24.2. The topological polar surface area (TPSA) is 63.2 Å². The Morgan fingerprint density at radius 1 is 0.914 bits per heavy atom. The Morgan fingerprint density at radius 2 is 1.57 bits per heavy atom. The van der Waals surface area contributed by atoms with Gasteiger partial charge in [0.15, 0.2) is 0 Å². The Labute approximate surface area is 208 Å².